The Morgan fingerprint density at radius 3 is 3.15 bits per heavy atom. The minimum atomic E-state index is 0.785. The van der Waals surface area contributed by atoms with Gasteiger partial charge in [-0.3, -0.25) is 0 Å². The van der Waals surface area contributed by atoms with Gasteiger partial charge in [0.25, 0.3) is 0 Å². The van der Waals surface area contributed by atoms with Crippen molar-refractivity contribution in [1.29, 1.82) is 0 Å². The lowest BCUT2D eigenvalue weighted by Crippen LogP contribution is -2.37. The molecule has 2 aromatic rings. The van der Waals surface area contributed by atoms with Crippen LogP contribution < -0.4 is 5.32 Å². The first kappa shape index (κ1) is 13.6. The molecule has 1 aliphatic heterocycles. The molecule has 0 radical (unpaired) electrons. The number of likely N-dealkylation sites (tertiary alicyclic amines) is 1. The zero-order valence-corrected chi connectivity index (χ0v) is 12.5. The van der Waals surface area contributed by atoms with Crippen LogP contribution in [0.1, 0.15) is 24.2 Å². The van der Waals surface area contributed by atoms with Gasteiger partial charge in [-0.2, -0.15) is 0 Å². The van der Waals surface area contributed by atoms with Crippen molar-refractivity contribution >= 4 is 5.65 Å². The summed E-state index contributed by atoms with van der Waals surface area (Å²) in [5, 5.41) is 3.62. The number of imidazole rings is 1. The van der Waals surface area contributed by atoms with Crippen LogP contribution in [0.15, 0.2) is 24.4 Å². The number of fused-ring (bicyclic) bond motifs is 1. The van der Waals surface area contributed by atoms with E-state index >= 15 is 0 Å². The van der Waals surface area contributed by atoms with Crippen molar-refractivity contribution in [3.8, 4) is 0 Å². The van der Waals surface area contributed by atoms with Crippen LogP contribution in [-0.2, 0) is 6.54 Å². The number of aryl methyl sites for hydroxylation is 1. The summed E-state index contributed by atoms with van der Waals surface area (Å²) in [5.74, 6) is 0.785. The highest BCUT2D eigenvalue weighted by atomic mass is 15.1. The maximum Gasteiger partial charge on any atom is 0.137 e. The zero-order valence-electron chi connectivity index (χ0n) is 12.5. The Balaban J connectivity index is 1.61. The molecule has 3 rings (SSSR count). The summed E-state index contributed by atoms with van der Waals surface area (Å²) < 4.78 is 2.19. The minimum absolute atomic E-state index is 0.785. The zero-order chi connectivity index (χ0) is 13.9. The molecule has 0 spiro atoms. The summed E-state index contributed by atoms with van der Waals surface area (Å²) in [6.07, 6.45) is 4.78. The van der Waals surface area contributed by atoms with Crippen LogP contribution >= 0.6 is 0 Å². The van der Waals surface area contributed by atoms with Gasteiger partial charge >= 0.3 is 0 Å². The van der Waals surface area contributed by atoms with Crippen molar-refractivity contribution in [2.24, 2.45) is 5.92 Å². The third-order valence-electron chi connectivity index (χ3n) is 4.28. The molecule has 2 aromatic heterocycles. The molecule has 1 saturated heterocycles. The monoisotopic (exact) mass is 272 g/mol. The van der Waals surface area contributed by atoms with E-state index in [0.717, 1.165) is 30.3 Å². The quantitative estimate of drug-likeness (QED) is 0.925. The lowest BCUT2D eigenvalue weighted by atomic mass is 9.98. The second-order valence-corrected chi connectivity index (χ2v) is 5.97. The molecular formula is C16H24N4. The Labute approximate surface area is 120 Å². The van der Waals surface area contributed by atoms with E-state index in [4.69, 9.17) is 0 Å². The molecule has 0 bridgehead atoms. The van der Waals surface area contributed by atoms with Crippen molar-refractivity contribution in [2.45, 2.75) is 26.3 Å². The maximum absolute atomic E-state index is 4.61. The molecule has 1 fully saturated rings. The predicted octanol–water partition coefficient (Wildman–Crippen LogP) is 2.07. The fourth-order valence-electron chi connectivity index (χ4n) is 3.21. The summed E-state index contributed by atoms with van der Waals surface area (Å²) in [4.78, 5) is 7.05. The van der Waals surface area contributed by atoms with Gasteiger partial charge in [-0.1, -0.05) is 6.07 Å². The smallest absolute Gasteiger partial charge is 0.137 e. The van der Waals surface area contributed by atoms with Crippen molar-refractivity contribution in [2.75, 3.05) is 26.7 Å². The third kappa shape index (κ3) is 2.86. The normalized spacial score (nSPS) is 20.6. The summed E-state index contributed by atoms with van der Waals surface area (Å²) in [6, 6.07) is 6.16. The molecular weight excluding hydrogens is 248 g/mol. The Hall–Kier alpha value is -1.39. The third-order valence-corrected chi connectivity index (χ3v) is 4.28. The van der Waals surface area contributed by atoms with Crippen molar-refractivity contribution < 1.29 is 0 Å². The van der Waals surface area contributed by atoms with Gasteiger partial charge in [0.15, 0.2) is 0 Å². The van der Waals surface area contributed by atoms with E-state index in [9.17, 15) is 0 Å². The van der Waals surface area contributed by atoms with E-state index in [0.29, 0.717) is 0 Å². The molecule has 0 aromatic carbocycles. The summed E-state index contributed by atoms with van der Waals surface area (Å²) in [6.45, 7) is 6.57. The highest BCUT2D eigenvalue weighted by molar-refractivity contribution is 5.42. The van der Waals surface area contributed by atoms with Crippen LogP contribution in [0.25, 0.3) is 5.65 Å². The number of hydrogen-bond donors (Lipinski definition) is 1. The molecule has 1 atom stereocenters. The lowest BCUT2D eigenvalue weighted by Gasteiger charge is -2.29. The standard InChI is InChI=1S/C16H24N4/c1-13-15(20-9-4-3-7-16(20)18-13)11-17-10-14-6-5-8-19(2)12-14/h3-4,7,9,14,17H,5-6,8,10-12H2,1-2H3. The van der Waals surface area contributed by atoms with E-state index < -0.39 is 0 Å². The second-order valence-electron chi connectivity index (χ2n) is 5.97. The van der Waals surface area contributed by atoms with Gasteiger partial charge in [-0.25, -0.2) is 4.98 Å². The van der Waals surface area contributed by atoms with Gasteiger partial charge in [0.2, 0.25) is 0 Å². The highest BCUT2D eigenvalue weighted by Crippen LogP contribution is 2.15. The molecule has 0 saturated carbocycles. The van der Waals surface area contributed by atoms with Gasteiger partial charge < -0.3 is 14.6 Å². The number of hydrogen-bond acceptors (Lipinski definition) is 3. The van der Waals surface area contributed by atoms with E-state index in [1.807, 2.05) is 6.07 Å². The second kappa shape index (κ2) is 5.94. The van der Waals surface area contributed by atoms with Crippen molar-refractivity contribution in [3.05, 3.63) is 35.8 Å². The Kier molecular flexibility index (Phi) is 4.03. The number of aromatic nitrogens is 2. The lowest BCUT2D eigenvalue weighted by molar-refractivity contribution is 0.206. The molecule has 20 heavy (non-hydrogen) atoms. The van der Waals surface area contributed by atoms with Crippen LogP contribution in [0.2, 0.25) is 0 Å². The van der Waals surface area contributed by atoms with Gasteiger partial charge in [-0.05, 0) is 58.0 Å². The van der Waals surface area contributed by atoms with Crippen molar-refractivity contribution in [1.82, 2.24) is 19.6 Å². The van der Waals surface area contributed by atoms with Crippen LogP contribution in [0.4, 0.5) is 0 Å². The van der Waals surface area contributed by atoms with Gasteiger partial charge in [0, 0.05) is 19.3 Å². The van der Waals surface area contributed by atoms with E-state index in [1.165, 1.54) is 31.6 Å². The molecule has 0 amide bonds. The van der Waals surface area contributed by atoms with Gasteiger partial charge in [0.1, 0.15) is 5.65 Å². The van der Waals surface area contributed by atoms with Crippen LogP contribution in [-0.4, -0.2) is 41.0 Å². The Morgan fingerprint density at radius 1 is 1.40 bits per heavy atom. The van der Waals surface area contributed by atoms with Gasteiger partial charge in [-0.15, -0.1) is 0 Å². The van der Waals surface area contributed by atoms with E-state index in [-0.39, 0.29) is 0 Å². The van der Waals surface area contributed by atoms with Crippen LogP contribution in [0.5, 0.6) is 0 Å². The molecule has 1 unspecified atom stereocenters. The largest absolute Gasteiger partial charge is 0.311 e. The first-order valence-corrected chi connectivity index (χ1v) is 7.56. The number of nitrogens with zero attached hydrogens (tertiary/aromatic N) is 3. The van der Waals surface area contributed by atoms with Crippen LogP contribution in [0, 0.1) is 12.8 Å². The topological polar surface area (TPSA) is 32.6 Å². The number of pyridine rings is 1. The maximum atomic E-state index is 4.61. The molecule has 1 N–H and O–H groups in total. The summed E-state index contributed by atoms with van der Waals surface area (Å²) >= 11 is 0. The highest BCUT2D eigenvalue weighted by Gasteiger charge is 2.17. The molecule has 3 heterocycles. The SMILES string of the molecule is Cc1nc2ccccn2c1CNCC1CCCN(C)C1. The molecule has 4 heteroatoms. The fraction of sp³-hybridized carbons (Fsp3) is 0.562. The average Bonchev–Trinajstić information content (AvgIpc) is 2.75. The summed E-state index contributed by atoms with van der Waals surface area (Å²) in [7, 11) is 2.22. The predicted molar refractivity (Wildman–Crippen MR) is 81.9 cm³/mol. The van der Waals surface area contributed by atoms with E-state index in [2.05, 4.69) is 51.9 Å². The number of rotatable bonds is 4. The first-order chi connectivity index (χ1) is 9.74. The first-order valence-electron chi connectivity index (χ1n) is 7.56. The molecule has 4 nitrogen and oxygen atoms in total. The minimum Gasteiger partial charge on any atom is -0.311 e. The molecule has 0 aliphatic carbocycles. The number of nitrogens with one attached hydrogen (secondary N) is 1. The average molecular weight is 272 g/mol. The van der Waals surface area contributed by atoms with Gasteiger partial charge in [0.05, 0.1) is 11.4 Å². The van der Waals surface area contributed by atoms with Crippen LogP contribution in [0.3, 0.4) is 0 Å². The Bertz CT molecular complexity index is 575. The molecule has 1 aliphatic rings. The summed E-state index contributed by atoms with van der Waals surface area (Å²) in [5.41, 5.74) is 3.45. The molecule has 108 valence electrons. The van der Waals surface area contributed by atoms with Crippen molar-refractivity contribution in [3.63, 3.8) is 0 Å². The number of piperidine rings is 1. The Morgan fingerprint density at radius 2 is 2.30 bits per heavy atom. The fourth-order valence-corrected chi connectivity index (χ4v) is 3.21. The van der Waals surface area contributed by atoms with E-state index in [1.54, 1.807) is 0 Å².